The highest BCUT2D eigenvalue weighted by Gasteiger charge is 2.13. The summed E-state index contributed by atoms with van der Waals surface area (Å²) in [5.74, 6) is 0.472. The van der Waals surface area contributed by atoms with Crippen LogP contribution in [0.5, 0.6) is 0 Å². The topological polar surface area (TPSA) is 120 Å². The van der Waals surface area contributed by atoms with Gasteiger partial charge in [0.1, 0.15) is 0 Å². The van der Waals surface area contributed by atoms with Crippen LogP contribution in [0, 0.1) is 5.92 Å². The van der Waals surface area contributed by atoms with Gasteiger partial charge in [0.2, 0.25) is 5.91 Å². The second-order valence-corrected chi connectivity index (χ2v) is 5.84. The lowest BCUT2D eigenvalue weighted by Crippen LogP contribution is -2.35. The summed E-state index contributed by atoms with van der Waals surface area (Å²) in [4.78, 5) is 15.8. The smallest absolute Gasteiger partial charge is 0.241 e. The molecule has 0 heterocycles. The molecule has 0 aromatic heterocycles. The number of amides is 1. The zero-order chi connectivity index (χ0) is 16.5. The molecular formula is C16H27N5O. The first-order chi connectivity index (χ1) is 10.4. The van der Waals surface area contributed by atoms with Crippen LogP contribution in [0.4, 0.5) is 5.69 Å². The number of nitrogens with one attached hydrogen (secondary N) is 1. The SMILES string of the molecule is CC(C)Cc1ccc(NC(=O)[C@@H](N)CCCN=C(N)N)cc1. The third-order valence-electron chi connectivity index (χ3n) is 3.17. The van der Waals surface area contributed by atoms with Crippen LogP contribution in [0.25, 0.3) is 0 Å². The molecule has 0 bridgehead atoms. The third-order valence-corrected chi connectivity index (χ3v) is 3.17. The molecule has 22 heavy (non-hydrogen) atoms. The molecule has 1 aromatic carbocycles. The monoisotopic (exact) mass is 305 g/mol. The number of nitrogens with zero attached hydrogens (tertiary/aromatic N) is 1. The number of hydrogen-bond donors (Lipinski definition) is 4. The Morgan fingerprint density at radius 2 is 1.86 bits per heavy atom. The van der Waals surface area contributed by atoms with E-state index in [1.165, 1.54) is 5.56 Å². The molecule has 0 fully saturated rings. The Bertz CT molecular complexity index is 492. The number of nitrogens with two attached hydrogens (primary N) is 3. The fourth-order valence-corrected chi connectivity index (χ4v) is 2.08. The van der Waals surface area contributed by atoms with Crippen LogP contribution in [-0.2, 0) is 11.2 Å². The largest absolute Gasteiger partial charge is 0.370 e. The van der Waals surface area contributed by atoms with Gasteiger partial charge < -0.3 is 22.5 Å². The normalized spacial score (nSPS) is 12.0. The maximum absolute atomic E-state index is 12.0. The van der Waals surface area contributed by atoms with Crippen molar-refractivity contribution in [3.8, 4) is 0 Å². The summed E-state index contributed by atoms with van der Waals surface area (Å²) in [7, 11) is 0. The molecule has 0 aliphatic heterocycles. The van der Waals surface area contributed by atoms with E-state index in [9.17, 15) is 4.79 Å². The van der Waals surface area contributed by atoms with Gasteiger partial charge in [0.25, 0.3) is 0 Å². The Kier molecular flexibility index (Phi) is 7.39. The third kappa shape index (κ3) is 7.08. The molecule has 1 aromatic rings. The van der Waals surface area contributed by atoms with Gasteiger partial charge in [-0.1, -0.05) is 26.0 Å². The maximum Gasteiger partial charge on any atom is 0.241 e. The van der Waals surface area contributed by atoms with E-state index in [4.69, 9.17) is 17.2 Å². The average molecular weight is 305 g/mol. The Balaban J connectivity index is 2.41. The number of carbonyl (C=O) groups is 1. The van der Waals surface area contributed by atoms with Crippen molar-refractivity contribution in [2.75, 3.05) is 11.9 Å². The van der Waals surface area contributed by atoms with E-state index in [0.29, 0.717) is 25.3 Å². The predicted molar refractivity (Wildman–Crippen MR) is 91.5 cm³/mol. The van der Waals surface area contributed by atoms with E-state index in [2.05, 4.69) is 24.2 Å². The van der Waals surface area contributed by atoms with Crippen LogP contribution in [0.3, 0.4) is 0 Å². The molecule has 0 saturated heterocycles. The first-order valence-corrected chi connectivity index (χ1v) is 7.59. The van der Waals surface area contributed by atoms with Crippen molar-refractivity contribution in [2.45, 2.75) is 39.2 Å². The van der Waals surface area contributed by atoms with Gasteiger partial charge in [-0.3, -0.25) is 9.79 Å². The Morgan fingerprint density at radius 3 is 2.41 bits per heavy atom. The minimum Gasteiger partial charge on any atom is -0.370 e. The molecule has 7 N–H and O–H groups in total. The maximum atomic E-state index is 12.0. The summed E-state index contributed by atoms with van der Waals surface area (Å²) in [5, 5.41) is 2.82. The lowest BCUT2D eigenvalue weighted by Gasteiger charge is -2.12. The summed E-state index contributed by atoms with van der Waals surface area (Å²) in [5.41, 5.74) is 18.3. The fourth-order valence-electron chi connectivity index (χ4n) is 2.08. The molecule has 0 radical (unpaired) electrons. The van der Waals surface area contributed by atoms with Gasteiger partial charge in [-0.25, -0.2) is 0 Å². The molecule has 0 spiro atoms. The molecule has 1 amide bonds. The number of rotatable bonds is 8. The van der Waals surface area contributed by atoms with Gasteiger partial charge in [0.05, 0.1) is 6.04 Å². The quantitative estimate of drug-likeness (QED) is 0.328. The van der Waals surface area contributed by atoms with Gasteiger partial charge in [0.15, 0.2) is 5.96 Å². The van der Waals surface area contributed by atoms with Crippen LogP contribution in [0.1, 0.15) is 32.3 Å². The summed E-state index contributed by atoms with van der Waals surface area (Å²) < 4.78 is 0. The predicted octanol–water partition coefficient (Wildman–Crippen LogP) is 1.20. The average Bonchev–Trinajstić information content (AvgIpc) is 2.44. The fraction of sp³-hybridized carbons (Fsp3) is 0.500. The molecule has 0 unspecified atom stereocenters. The van der Waals surface area contributed by atoms with Crippen LogP contribution in [0.15, 0.2) is 29.3 Å². The van der Waals surface area contributed by atoms with Crippen molar-refractivity contribution in [1.82, 2.24) is 0 Å². The number of benzene rings is 1. The minimum atomic E-state index is -0.565. The highest BCUT2D eigenvalue weighted by molar-refractivity contribution is 5.94. The van der Waals surface area contributed by atoms with E-state index in [0.717, 1.165) is 12.1 Å². The molecule has 1 rings (SSSR count). The van der Waals surface area contributed by atoms with Gasteiger partial charge in [0, 0.05) is 12.2 Å². The first kappa shape index (κ1) is 18.0. The second-order valence-electron chi connectivity index (χ2n) is 5.84. The van der Waals surface area contributed by atoms with Gasteiger partial charge in [-0.15, -0.1) is 0 Å². The Morgan fingerprint density at radius 1 is 1.23 bits per heavy atom. The van der Waals surface area contributed by atoms with Gasteiger partial charge in [-0.05, 0) is 42.9 Å². The van der Waals surface area contributed by atoms with E-state index < -0.39 is 6.04 Å². The van der Waals surface area contributed by atoms with Crippen LogP contribution < -0.4 is 22.5 Å². The van der Waals surface area contributed by atoms with Gasteiger partial charge >= 0.3 is 0 Å². The standard InChI is InChI=1S/C16H27N5O/c1-11(2)10-12-5-7-13(8-6-12)21-15(22)14(17)4-3-9-20-16(18)19/h5-8,11,14H,3-4,9-10,17H2,1-2H3,(H,21,22)(H4,18,19,20)/t14-/m0/s1. The number of carbonyl (C=O) groups excluding carboxylic acids is 1. The zero-order valence-corrected chi connectivity index (χ0v) is 13.4. The van der Waals surface area contributed by atoms with Crippen molar-refractivity contribution in [3.05, 3.63) is 29.8 Å². The number of anilines is 1. The number of aliphatic imine (C=N–C) groups is 1. The Hall–Kier alpha value is -2.08. The minimum absolute atomic E-state index is 0.0551. The van der Waals surface area contributed by atoms with Crippen molar-refractivity contribution >= 4 is 17.6 Å². The molecule has 1 atom stereocenters. The van der Waals surface area contributed by atoms with Crippen molar-refractivity contribution in [2.24, 2.45) is 28.1 Å². The lowest BCUT2D eigenvalue weighted by molar-refractivity contribution is -0.117. The molecule has 0 aliphatic rings. The summed E-state index contributed by atoms with van der Waals surface area (Å²) in [6, 6.07) is 7.30. The highest BCUT2D eigenvalue weighted by Crippen LogP contribution is 2.13. The molecule has 6 nitrogen and oxygen atoms in total. The van der Waals surface area contributed by atoms with Crippen LogP contribution in [0.2, 0.25) is 0 Å². The van der Waals surface area contributed by atoms with E-state index in [1.54, 1.807) is 0 Å². The first-order valence-electron chi connectivity index (χ1n) is 7.59. The molecular weight excluding hydrogens is 278 g/mol. The highest BCUT2D eigenvalue weighted by atomic mass is 16.2. The lowest BCUT2D eigenvalue weighted by atomic mass is 10.0. The van der Waals surface area contributed by atoms with E-state index in [-0.39, 0.29) is 11.9 Å². The van der Waals surface area contributed by atoms with Crippen molar-refractivity contribution in [3.63, 3.8) is 0 Å². The van der Waals surface area contributed by atoms with Crippen LogP contribution >= 0.6 is 0 Å². The van der Waals surface area contributed by atoms with Crippen LogP contribution in [-0.4, -0.2) is 24.5 Å². The Labute approximate surface area is 132 Å². The molecule has 6 heteroatoms. The van der Waals surface area contributed by atoms with E-state index in [1.807, 2.05) is 24.3 Å². The second kappa shape index (κ2) is 9.04. The zero-order valence-electron chi connectivity index (χ0n) is 13.4. The van der Waals surface area contributed by atoms with Crippen molar-refractivity contribution < 1.29 is 4.79 Å². The molecule has 122 valence electrons. The number of guanidine groups is 1. The summed E-state index contributed by atoms with van der Waals surface area (Å²) in [6.07, 6.45) is 2.23. The number of hydrogen-bond acceptors (Lipinski definition) is 3. The van der Waals surface area contributed by atoms with Gasteiger partial charge in [-0.2, -0.15) is 0 Å². The summed E-state index contributed by atoms with van der Waals surface area (Å²) in [6.45, 7) is 4.83. The van der Waals surface area contributed by atoms with E-state index >= 15 is 0 Å². The molecule has 0 aliphatic carbocycles. The van der Waals surface area contributed by atoms with Crippen molar-refractivity contribution in [1.29, 1.82) is 0 Å². The summed E-state index contributed by atoms with van der Waals surface area (Å²) >= 11 is 0. The molecule has 0 saturated carbocycles.